The minimum atomic E-state index is -3.79. The van der Waals surface area contributed by atoms with E-state index >= 15 is 0 Å². The molecule has 3 rings (SSSR count). The second kappa shape index (κ2) is 9.20. The van der Waals surface area contributed by atoms with Crippen molar-refractivity contribution in [3.05, 3.63) is 57.5 Å². The molecule has 0 bridgehead atoms. The lowest BCUT2D eigenvalue weighted by atomic mass is 9.97. The molecule has 0 unspecified atom stereocenters. The Balaban J connectivity index is 1.60. The maximum absolute atomic E-state index is 12.7. The van der Waals surface area contributed by atoms with Crippen LogP contribution in [0.5, 0.6) is 5.75 Å². The number of nitrogens with zero attached hydrogens (tertiary/aromatic N) is 2. The topological polar surface area (TPSA) is 97.7 Å². The summed E-state index contributed by atoms with van der Waals surface area (Å²) in [4.78, 5) is 26.5. The number of aryl methyl sites for hydroxylation is 1. The second-order valence-electron chi connectivity index (χ2n) is 7.22. The molecule has 1 aliphatic heterocycles. The first kappa shape index (κ1) is 22.3. The van der Waals surface area contributed by atoms with Crippen molar-refractivity contribution in [1.29, 1.82) is 0 Å². The fourth-order valence-corrected chi connectivity index (χ4v) is 4.98. The van der Waals surface area contributed by atoms with Crippen LogP contribution in [0.4, 0.5) is 0 Å². The van der Waals surface area contributed by atoms with E-state index in [0.29, 0.717) is 31.0 Å². The molecule has 8 nitrogen and oxygen atoms in total. The van der Waals surface area contributed by atoms with E-state index in [9.17, 15) is 18.0 Å². The van der Waals surface area contributed by atoms with Gasteiger partial charge in [-0.1, -0.05) is 11.6 Å². The molecule has 2 heterocycles. The number of sulfonamides is 1. The molecule has 1 aromatic carbocycles. The maximum Gasteiger partial charge on any atom is 0.263 e. The summed E-state index contributed by atoms with van der Waals surface area (Å²) in [6.07, 6.45) is 2.87. The molecule has 0 aliphatic carbocycles. The van der Waals surface area contributed by atoms with Crippen LogP contribution in [-0.2, 0) is 17.1 Å². The van der Waals surface area contributed by atoms with Gasteiger partial charge in [0.2, 0.25) is 10.0 Å². The number of aromatic nitrogens is 1. The van der Waals surface area contributed by atoms with Crippen molar-refractivity contribution in [2.75, 3.05) is 26.7 Å². The summed E-state index contributed by atoms with van der Waals surface area (Å²) in [6.45, 7) is 1.17. The first-order valence-electron chi connectivity index (χ1n) is 9.51. The summed E-state index contributed by atoms with van der Waals surface area (Å²) in [5, 5.41) is 0.301. The summed E-state index contributed by atoms with van der Waals surface area (Å²) in [7, 11) is -0.791. The Labute approximate surface area is 180 Å². The molecule has 1 amide bonds. The quantitative estimate of drug-likeness (QED) is 0.720. The molecular formula is C20H24ClN3O5S. The van der Waals surface area contributed by atoms with Crippen molar-refractivity contribution in [3.8, 4) is 5.75 Å². The van der Waals surface area contributed by atoms with Gasteiger partial charge >= 0.3 is 0 Å². The van der Waals surface area contributed by atoms with Crippen LogP contribution < -0.4 is 15.0 Å². The molecule has 1 N–H and O–H groups in total. The predicted molar refractivity (Wildman–Crippen MR) is 114 cm³/mol. The largest absolute Gasteiger partial charge is 0.495 e. The zero-order valence-electron chi connectivity index (χ0n) is 16.8. The molecule has 162 valence electrons. The number of hydrogen-bond donors (Lipinski definition) is 1. The van der Waals surface area contributed by atoms with Crippen LogP contribution in [0, 0.1) is 5.92 Å². The normalized spacial score (nSPS) is 15.2. The van der Waals surface area contributed by atoms with Gasteiger partial charge in [-0.15, -0.1) is 0 Å². The number of hydrogen-bond acceptors (Lipinski definition) is 5. The summed E-state index contributed by atoms with van der Waals surface area (Å²) in [5.74, 6) is 0.00302. The van der Waals surface area contributed by atoms with Crippen LogP contribution in [0.15, 0.2) is 46.2 Å². The average Bonchev–Trinajstić information content (AvgIpc) is 2.74. The average molecular weight is 454 g/mol. The fourth-order valence-electron chi connectivity index (χ4n) is 3.44. The zero-order valence-corrected chi connectivity index (χ0v) is 18.4. The summed E-state index contributed by atoms with van der Waals surface area (Å²) in [6, 6.07) is 7.62. The molecule has 1 aliphatic rings. The zero-order chi connectivity index (χ0) is 21.9. The lowest BCUT2D eigenvalue weighted by Crippen LogP contribution is -2.43. The molecule has 0 spiro atoms. The Morgan fingerprint density at radius 2 is 1.97 bits per heavy atom. The van der Waals surface area contributed by atoms with Crippen molar-refractivity contribution in [2.24, 2.45) is 13.0 Å². The molecule has 30 heavy (non-hydrogen) atoms. The van der Waals surface area contributed by atoms with Gasteiger partial charge in [-0.25, -0.2) is 13.1 Å². The Bertz CT molecular complexity index is 1090. The van der Waals surface area contributed by atoms with Crippen molar-refractivity contribution < 1.29 is 17.9 Å². The molecule has 0 atom stereocenters. The van der Waals surface area contributed by atoms with Crippen LogP contribution in [0.1, 0.15) is 23.2 Å². The Kier molecular flexibility index (Phi) is 6.84. The summed E-state index contributed by atoms with van der Waals surface area (Å²) >= 11 is 5.94. The van der Waals surface area contributed by atoms with Crippen molar-refractivity contribution >= 4 is 27.5 Å². The van der Waals surface area contributed by atoms with Gasteiger partial charge in [0, 0.05) is 37.9 Å². The Morgan fingerprint density at radius 1 is 1.27 bits per heavy atom. The van der Waals surface area contributed by atoms with Crippen molar-refractivity contribution in [1.82, 2.24) is 14.2 Å². The Hall–Kier alpha value is -2.36. The molecular weight excluding hydrogens is 430 g/mol. The van der Waals surface area contributed by atoms with E-state index in [1.54, 1.807) is 30.3 Å². The molecule has 0 radical (unpaired) electrons. The minimum absolute atomic E-state index is 0.00923. The number of halogens is 1. The molecule has 0 saturated carbocycles. The molecule has 1 saturated heterocycles. The van der Waals surface area contributed by atoms with Crippen LogP contribution >= 0.6 is 11.6 Å². The van der Waals surface area contributed by atoms with Gasteiger partial charge in [0.25, 0.3) is 11.5 Å². The maximum atomic E-state index is 12.7. The number of pyridine rings is 1. The SMILES string of the molecule is COc1ccc(Cl)cc1S(=O)(=O)NCC1CCN(C(=O)c2cccn(C)c2=O)CC1. The van der Waals surface area contributed by atoms with Gasteiger partial charge in [-0.05, 0) is 49.1 Å². The van der Waals surface area contributed by atoms with Gasteiger partial charge < -0.3 is 14.2 Å². The standard InChI is InChI=1S/C20H24ClN3O5S/c1-23-9-3-4-16(19(23)25)20(26)24-10-7-14(8-11-24)13-22-30(27,28)18-12-15(21)5-6-17(18)29-2/h3-6,9,12,14,22H,7-8,10-11,13H2,1-2H3. The van der Waals surface area contributed by atoms with Crippen molar-refractivity contribution in [3.63, 3.8) is 0 Å². The molecule has 10 heteroatoms. The summed E-state index contributed by atoms with van der Waals surface area (Å²) in [5.41, 5.74) is -0.181. The lowest BCUT2D eigenvalue weighted by molar-refractivity contribution is 0.0689. The number of ether oxygens (including phenoxy) is 1. The van der Waals surface area contributed by atoms with Gasteiger partial charge in [-0.2, -0.15) is 0 Å². The number of rotatable bonds is 6. The highest BCUT2D eigenvalue weighted by molar-refractivity contribution is 7.89. The smallest absolute Gasteiger partial charge is 0.263 e. The highest BCUT2D eigenvalue weighted by Gasteiger charge is 2.27. The van der Waals surface area contributed by atoms with Gasteiger partial charge in [-0.3, -0.25) is 9.59 Å². The molecule has 2 aromatic rings. The Morgan fingerprint density at radius 3 is 2.63 bits per heavy atom. The number of carbonyl (C=O) groups is 1. The van der Waals surface area contributed by atoms with E-state index in [1.165, 1.54) is 29.9 Å². The van der Waals surface area contributed by atoms with Crippen LogP contribution in [0.25, 0.3) is 0 Å². The van der Waals surface area contributed by atoms with Crippen LogP contribution in [0.3, 0.4) is 0 Å². The lowest BCUT2D eigenvalue weighted by Gasteiger charge is -2.32. The number of likely N-dealkylation sites (tertiary alicyclic amines) is 1. The second-order valence-corrected chi connectivity index (χ2v) is 9.39. The van der Waals surface area contributed by atoms with Gasteiger partial charge in [0.05, 0.1) is 7.11 Å². The predicted octanol–water partition coefficient (Wildman–Crippen LogP) is 1.88. The van der Waals surface area contributed by atoms with E-state index in [4.69, 9.17) is 16.3 Å². The number of amides is 1. The van der Waals surface area contributed by atoms with Gasteiger partial charge in [0.15, 0.2) is 0 Å². The number of piperidine rings is 1. The number of nitrogens with one attached hydrogen (secondary N) is 1. The third kappa shape index (κ3) is 4.85. The monoisotopic (exact) mass is 453 g/mol. The van der Waals surface area contributed by atoms with Gasteiger partial charge in [0.1, 0.15) is 16.2 Å². The number of methoxy groups -OCH3 is 1. The highest BCUT2D eigenvalue weighted by Crippen LogP contribution is 2.27. The minimum Gasteiger partial charge on any atom is -0.495 e. The molecule has 1 aromatic heterocycles. The third-order valence-corrected chi connectivity index (χ3v) is 6.91. The van der Waals surface area contributed by atoms with E-state index in [1.807, 2.05) is 0 Å². The summed E-state index contributed by atoms with van der Waals surface area (Å²) < 4.78 is 34.5. The number of carbonyl (C=O) groups excluding carboxylic acids is 1. The van der Waals surface area contributed by atoms with E-state index in [-0.39, 0.29) is 40.1 Å². The van der Waals surface area contributed by atoms with E-state index in [0.717, 1.165) is 0 Å². The number of benzene rings is 1. The van der Waals surface area contributed by atoms with Crippen molar-refractivity contribution in [2.45, 2.75) is 17.7 Å². The third-order valence-electron chi connectivity index (χ3n) is 5.23. The fraction of sp³-hybridized carbons (Fsp3) is 0.400. The van der Waals surface area contributed by atoms with E-state index < -0.39 is 10.0 Å². The first-order valence-corrected chi connectivity index (χ1v) is 11.4. The van der Waals surface area contributed by atoms with Crippen LogP contribution in [-0.4, -0.2) is 50.5 Å². The first-order chi connectivity index (χ1) is 14.2. The van der Waals surface area contributed by atoms with Crippen LogP contribution in [0.2, 0.25) is 5.02 Å². The highest BCUT2D eigenvalue weighted by atomic mass is 35.5. The molecule has 1 fully saturated rings. The van der Waals surface area contributed by atoms with E-state index in [2.05, 4.69) is 4.72 Å².